The van der Waals surface area contributed by atoms with Crippen LogP contribution >= 0.6 is 11.6 Å². The van der Waals surface area contributed by atoms with E-state index in [9.17, 15) is 22.8 Å². The molecule has 50 heavy (non-hydrogen) atoms. The molecule has 4 heterocycles. The van der Waals surface area contributed by atoms with Crippen LogP contribution in [0.25, 0.3) is 0 Å². The second-order valence-corrected chi connectivity index (χ2v) is 13.8. The Bertz CT molecular complexity index is 1700. The Labute approximate surface area is 293 Å². The highest BCUT2D eigenvalue weighted by Gasteiger charge is 2.35. The van der Waals surface area contributed by atoms with Gasteiger partial charge < -0.3 is 28.9 Å². The average Bonchev–Trinajstić information content (AvgIpc) is 3.04. The summed E-state index contributed by atoms with van der Waals surface area (Å²) in [6.45, 7) is 11.3. The third-order valence-corrected chi connectivity index (χ3v) is 8.62. The van der Waals surface area contributed by atoms with E-state index in [0.29, 0.717) is 44.6 Å². The number of nitrogens with zero attached hydrogens (tertiary/aromatic N) is 7. The molecule has 5 rings (SSSR count). The minimum absolute atomic E-state index is 0.0225. The van der Waals surface area contributed by atoms with Crippen molar-refractivity contribution in [1.82, 2.24) is 30.0 Å². The fraction of sp³-hybridized carbons (Fsp3) is 0.529. The van der Waals surface area contributed by atoms with E-state index in [0.717, 1.165) is 28.3 Å². The quantitative estimate of drug-likeness (QED) is 0.232. The van der Waals surface area contributed by atoms with Crippen molar-refractivity contribution in [2.45, 2.75) is 91.0 Å². The van der Waals surface area contributed by atoms with Crippen molar-refractivity contribution in [3.63, 3.8) is 0 Å². The smallest absolute Gasteiger partial charge is 0.410 e. The van der Waals surface area contributed by atoms with Crippen molar-refractivity contribution in [3.05, 3.63) is 58.3 Å². The van der Waals surface area contributed by atoms with Crippen LogP contribution in [0.3, 0.4) is 0 Å². The zero-order valence-corrected chi connectivity index (χ0v) is 29.6. The lowest BCUT2D eigenvalue weighted by atomic mass is 9.97. The number of piperidine rings is 1. The number of fused-ring (bicyclic) bond motifs is 1. The van der Waals surface area contributed by atoms with Crippen LogP contribution in [0.2, 0.25) is 5.15 Å². The summed E-state index contributed by atoms with van der Waals surface area (Å²) >= 11 is 6.41. The number of pyridine rings is 1. The van der Waals surface area contributed by atoms with Gasteiger partial charge in [-0.25, -0.2) is 18.0 Å². The second-order valence-electron chi connectivity index (χ2n) is 13.5. The number of alkyl halides is 2. The average molecular weight is 720 g/mol. The van der Waals surface area contributed by atoms with E-state index in [-0.39, 0.29) is 46.5 Å². The van der Waals surface area contributed by atoms with Gasteiger partial charge >= 0.3 is 12.1 Å². The standard InChI is InChI=1S/C34H41ClF3N7O5/c1-19(2)45(18-27(37)38)31(46)23-17-21(36)7-8-25(23)49-32-40-30(29(35)41-42-32)43-14-10-22(11-15-43)48-26-9-13-39-24-12-16-44(20(3)28(24)26)33(47)50-34(4,5)6/h7-9,13,17,19-20,22,27H,10-12,14-16,18H2,1-6H3. The molecular weight excluding hydrogens is 679 g/mol. The number of carbonyl (C=O) groups excluding carboxylic acids is 2. The summed E-state index contributed by atoms with van der Waals surface area (Å²) in [6, 6.07) is 3.87. The lowest BCUT2D eigenvalue weighted by molar-refractivity contribution is 0.0153. The summed E-state index contributed by atoms with van der Waals surface area (Å²) in [7, 11) is 0. The molecule has 0 saturated carbocycles. The topological polar surface area (TPSA) is 123 Å². The summed E-state index contributed by atoms with van der Waals surface area (Å²) in [5, 5.41) is 7.88. The maximum atomic E-state index is 14.2. The first-order chi connectivity index (χ1) is 23.6. The van der Waals surface area contributed by atoms with Crippen molar-refractivity contribution in [1.29, 1.82) is 0 Å². The Balaban J connectivity index is 1.28. The number of carbonyl (C=O) groups is 2. The van der Waals surface area contributed by atoms with Gasteiger partial charge in [0.05, 0.1) is 23.8 Å². The predicted molar refractivity (Wildman–Crippen MR) is 179 cm³/mol. The fourth-order valence-corrected chi connectivity index (χ4v) is 6.18. The van der Waals surface area contributed by atoms with E-state index in [1.807, 2.05) is 38.7 Å². The van der Waals surface area contributed by atoms with Crippen LogP contribution in [0.5, 0.6) is 17.5 Å². The summed E-state index contributed by atoms with van der Waals surface area (Å²) in [4.78, 5) is 39.7. The van der Waals surface area contributed by atoms with Gasteiger partial charge in [-0.15, -0.1) is 5.10 Å². The molecular formula is C34H41ClF3N7O5. The highest BCUT2D eigenvalue weighted by molar-refractivity contribution is 6.31. The second kappa shape index (κ2) is 15.2. The zero-order chi connectivity index (χ0) is 36.3. The predicted octanol–water partition coefficient (Wildman–Crippen LogP) is 6.87. The van der Waals surface area contributed by atoms with Gasteiger partial charge in [-0.3, -0.25) is 9.78 Å². The van der Waals surface area contributed by atoms with Gasteiger partial charge in [0, 0.05) is 56.7 Å². The number of ether oxygens (including phenoxy) is 3. The molecule has 1 aromatic carbocycles. The number of halogens is 4. The Morgan fingerprint density at radius 1 is 1.08 bits per heavy atom. The fourth-order valence-electron chi connectivity index (χ4n) is 5.98. The molecule has 270 valence electrons. The summed E-state index contributed by atoms with van der Waals surface area (Å²) in [6.07, 6.45) is 0.171. The van der Waals surface area contributed by atoms with Crippen molar-refractivity contribution in [2.75, 3.05) is 31.1 Å². The van der Waals surface area contributed by atoms with Gasteiger partial charge in [-0.2, -0.15) is 4.98 Å². The van der Waals surface area contributed by atoms with E-state index in [4.69, 9.17) is 25.8 Å². The molecule has 1 atom stereocenters. The Kier molecular flexibility index (Phi) is 11.2. The van der Waals surface area contributed by atoms with Gasteiger partial charge in [-0.05, 0) is 65.8 Å². The van der Waals surface area contributed by atoms with Gasteiger partial charge in [-0.1, -0.05) is 16.7 Å². The van der Waals surface area contributed by atoms with E-state index in [1.165, 1.54) is 6.07 Å². The first-order valence-corrected chi connectivity index (χ1v) is 16.8. The van der Waals surface area contributed by atoms with Gasteiger partial charge in [0.2, 0.25) is 0 Å². The molecule has 12 nitrogen and oxygen atoms in total. The Morgan fingerprint density at radius 3 is 2.46 bits per heavy atom. The first-order valence-electron chi connectivity index (χ1n) is 16.5. The molecule has 1 fully saturated rings. The van der Waals surface area contributed by atoms with E-state index < -0.39 is 36.3 Å². The first kappa shape index (κ1) is 36.9. The summed E-state index contributed by atoms with van der Waals surface area (Å²) < 4.78 is 58.6. The third-order valence-electron chi connectivity index (χ3n) is 8.37. The number of hydrogen-bond acceptors (Lipinski definition) is 10. The van der Waals surface area contributed by atoms with Crippen LogP contribution < -0.4 is 14.4 Å². The number of amides is 2. The maximum absolute atomic E-state index is 14.2. The van der Waals surface area contributed by atoms with Crippen LogP contribution in [0.15, 0.2) is 30.5 Å². The minimum atomic E-state index is -2.78. The molecule has 0 bridgehead atoms. The Hall–Kier alpha value is -4.40. The van der Waals surface area contributed by atoms with E-state index in [2.05, 4.69) is 20.2 Å². The zero-order valence-electron chi connectivity index (χ0n) is 28.8. The molecule has 2 aliphatic heterocycles. The van der Waals surface area contributed by atoms with Crippen molar-refractivity contribution < 1.29 is 37.0 Å². The molecule has 2 amide bonds. The third kappa shape index (κ3) is 8.66. The number of aromatic nitrogens is 4. The molecule has 0 N–H and O–H groups in total. The van der Waals surface area contributed by atoms with E-state index in [1.54, 1.807) is 24.9 Å². The van der Waals surface area contributed by atoms with Crippen molar-refractivity contribution in [2.24, 2.45) is 0 Å². The van der Waals surface area contributed by atoms with Gasteiger partial charge in [0.15, 0.2) is 11.0 Å². The monoisotopic (exact) mass is 719 g/mol. The SMILES string of the molecule is CC(C)N(CC(F)F)C(=O)c1cc(F)ccc1Oc1nnc(Cl)c(N2CCC(Oc3ccnc4c3C(C)N(C(=O)OC(C)(C)C)CC4)CC2)n1. The highest BCUT2D eigenvalue weighted by atomic mass is 35.5. The van der Waals surface area contributed by atoms with Crippen LogP contribution in [0.4, 0.5) is 23.8 Å². The number of hydrogen-bond donors (Lipinski definition) is 0. The molecule has 0 radical (unpaired) electrons. The van der Waals surface area contributed by atoms with Gasteiger partial charge in [0.25, 0.3) is 12.3 Å². The van der Waals surface area contributed by atoms with Crippen molar-refractivity contribution >= 4 is 29.4 Å². The molecule has 1 saturated heterocycles. The summed E-state index contributed by atoms with van der Waals surface area (Å²) in [5.74, 6) is -0.750. The molecule has 0 spiro atoms. The maximum Gasteiger partial charge on any atom is 0.410 e. The molecule has 2 aromatic heterocycles. The van der Waals surface area contributed by atoms with Crippen LogP contribution in [0, 0.1) is 5.82 Å². The van der Waals surface area contributed by atoms with Crippen molar-refractivity contribution in [3.8, 4) is 17.5 Å². The van der Waals surface area contributed by atoms with Crippen LogP contribution in [-0.4, -0.2) is 92.3 Å². The number of rotatable bonds is 9. The molecule has 16 heteroatoms. The van der Waals surface area contributed by atoms with Gasteiger partial charge in [0.1, 0.15) is 29.0 Å². The largest absolute Gasteiger partial charge is 0.490 e. The lowest BCUT2D eigenvalue weighted by Gasteiger charge is -2.38. The van der Waals surface area contributed by atoms with E-state index >= 15 is 0 Å². The van der Waals surface area contributed by atoms with Crippen LogP contribution in [-0.2, 0) is 11.2 Å². The number of benzene rings is 1. The normalized spacial score (nSPS) is 16.8. The summed E-state index contributed by atoms with van der Waals surface area (Å²) in [5.41, 5.74) is 0.862. The number of anilines is 1. The molecule has 0 aliphatic carbocycles. The Morgan fingerprint density at radius 2 is 1.80 bits per heavy atom. The molecule has 2 aliphatic rings. The van der Waals surface area contributed by atoms with Crippen LogP contribution in [0.1, 0.15) is 82.0 Å². The highest BCUT2D eigenvalue weighted by Crippen LogP contribution is 2.38. The minimum Gasteiger partial charge on any atom is -0.490 e. The lowest BCUT2D eigenvalue weighted by Crippen LogP contribution is -2.43. The molecule has 1 unspecified atom stereocenters. The molecule has 3 aromatic rings.